The molecule has 23 heavy (non-hydrogen) atoms. The highest BCUT2D eigenvalue weighted by Gasteiger charge is 2.01. The molecule has 0 saturated heterocycles. The Morgan fingerprint density at radius 1 is 1.09 bits per heavy atom. The number of rotatable bonds is 8. The van der Waals surface area contributed by atoms with E-state index in [9.17, 15) is 9.59 Å². The van der Waals surface area contributed by atoms with Crippen molar-refractivity contribution in [1.82, 2.24) is 10.4 Å². The lowest BCUT2D eigenvalue weighted by Gasteiger charge is -2.00. The van der Waals surface area contributed by atoms with Gasteiger partial charge in [0, 0.05) is 18.2 Å². The number of nitrogens with zero attached hydrogens (tertiary/aromatic N) is 2. The predicted octanol–water partition coefficient (Wildman–Crippen LogP) is 2.72. The number of unbranched alkanes of at least 4 members (excludes halogenated alkanes) is 2. The van der Waals surface area contributed by atoms with Gasteiger partial charge >= 0.3 is 5.97 Å². The molecule has 1 amide bonds. The molecule has 0 atom stereocenters. The van der Waals surface area contributed by atoms with Crippen LogP contribution in [0, 0.1) is 0 Å². The number of nitrogens with one attached hydrogen (secondary N) is 1. The molecule has 0 bridgehead atoms. The number of hydrazone groups is 1. The largest absolute Gasteiger partial charge is 0.481 e. The summed E-state index contributed by atoms with van der Waals surface area (Å²) in [6.45, 7) is 0. The van der Waals surface area contributed by atoms with E-state index in [2.05, 4.69) is 15.5 Å². The first-order valence-corrected chi connectivity index (χ1v) is 7.54. The van der Waals surface area contributed by atoms with E-state index in [1.165, 1.54) is 6.21 Å². The number of fused-ring (bicyclic) bond motifs is 1. The third kappa shape index (κ3) is 5.86. The zero-order chi connectivity index (χ0) is 16.5. The fourth-order valence-electron chi connectivity index (χ4n) is 2.12. The third-order valence-electron chi connectivity index (χ3n) is 3.30. The van der Waals surface area contributed by atoms with E-state index in [1.54, 1.807) is 0 Å². The van der Waals surface area contributed by atoms with E-state index in [0.717, 1.165) is 17.3 Å². The van der Waals surface area contributed by atoms with Crippen LogP contribution in [-0.4, -0.2) is 28.2 Å². The molecule has 0 aliphatic heterocycles. The van der Waals surface area contributed by atoms with Crippen molar-refractivity contribution in [3.05, 3.63) is 42.1 Å². The maximum absolute atomic E-state index is 11.6. The Balaban J connectivity index is 1.74. The van der Waals surface area contributed by atoms with Crippen molar-refractivity contribution in [2.45, 2.75) is 32.1 Å². The fourth-order valence-corrected chi connectivity index (χ4v) is 2.12. The molecule has 6 nitrogen and oxygen atoms in total. The average molecular weight is 313 g/mol. The Morgan fingerprint density at radius 2 is 1.87 bits per heavy atom. The van der Waals surface area contributed by atoms with Crippen LogP contribution in [0.4, 0.5) is 0 Å². The number of carbonyl (C=O) groups is 2. The lowest BCUT2D eigenvalue weighted by molar-refractivity contribution is -0.137. The van der Waals surface area contributed by atoms with E-state index in [0.29, 0.717) is 25.0 Å². The lowest BCUT2D eigenvalue weighted by Crippen LogP contribution is -2.17. The molecule has 1 heterocycles. The van der Waals surface area contributed by atoms with Gasteiger partial charge in [0.15, 0.2) is 0 Å². The summed E-state index contributed by atoms with van der Waals surface area (Å²) in [4.78, 5) is 26.3. The molecule has 0 fully saturated rings. The first kappa shape index (κ1) is 16.6. The smallest absolute Gasteiger partial charge is 0.303 e. The van der Waals surface area contributed by atoms with E-state index in [4.69, 9.17) is 5.11 Å². The van der Waals surface area contributed by atoms with Crippen LogP contribution in [0.5, 0.6) is 0 Å². The third-order valence-corrected chi connectivity index (χ3v) is 3.30. The zero-order valence-electron chi connectivity index (χ0n) is 12.7. The number of para-hydroxylation sites is 1. The second-order valence-corrected chi connectivity index (χ2v) is 5.18. The van der Waals surface area contributed by atoms with Gasteiger partial charge in [-0.2, -0.15) is 5.10 Å². The quantitative estimate of drug-likeness (QED) is 0.445. The van der Waals surface area contributed by atoms with Crippen LogP contribution in [0.25, 0.3) is 10.9 Å². The Bertz CT molecular complexity index is 713. The number of carbonyl (C=O) groups excluding carboxylic acids is 1. The van der Waals surface area contributed by atoms with Gasteiger partial charge in [-0.25, -0.2) is 10.4 Å². The Morgan fingerprint density at radius 3 is 2.70 bits per heavy atom. The maximum atomic E-state index is 11.6. The summed E-state index contributed by atoms with van der Waals surface area (Å²) in [5, 5.41) is 13.5. The SMILES string of the molecule is O=C(O)CCCCCC(=O)N/N=C/c1ccc2ccccc2n1. The van der Waals surface area contributed by atoms with Crippen LogP contribution >= 0.6 is 0 Å². The van der Waals surface area contributed by atoms with E-state index in [1.807, 2.05) is 36.4 Å². The molecule has 1 aromatic heterocycles. The molecule has 6 heteroatoms. The second kappa shape index (κ2) is 8.63. The van der Waals surface area contributed by atoms with Gasteiger partial charge in [-0.15, -0.1) is 0 Å². The Labute approximate surface area is 134 Å². The van der Waals surface area contributed by atoms with Gasteiger partial charge in [0.2, 0.25) is 5.91 Å². The highest BCUT2D eigenvalue weighted by molar-refractivity contribution is 5.85. The van der Waals surface area contributed by atoms with E-state index in [-0.39, 0.29) is 12.3 Å². The molecule has 0 spiro atoms. The van der Waals surface area contributed by atoms with Gasteiger partial charge in [0.1, 0.15) is 0 Å². The summed E-state index contributed by atoms with van der Waals surface area (Å²) < 4.78 is 0. The van der Waals surface area contributed by atoms with Crippen LogP contribution in [0.2, 0.25) is 0 Å². The first-order valence-electron chi connectivity index (χ1n) is 7.54. The molecule has 2 aromatic rings. The molecule has 0 unspecified atom stereocenters. The molecule has 2 N–H and O–H groups in total. The minimum Gasteiger partial charge on any atom is -0.481 e. The van der Waals surface area contributed by atoms with E-state index < -0.39 is 5.97 Å². The fraction of sp³-hybridized carbons (Fsp3) is 0.294. The summed E-state index contributed by atoms with van der Waals surface area (Å²) in [5.74, 6) is -0.987. The molecule has 0 radical (unpaired) electrons. The van der Waals surface area contributed by atoms with Crippen molar-refractivity contribution >= 4 is 29.0 Å². The molecule has 0 saturated carbocycles. The minimum absolute atomic E-state index is 0.146. The number of aliphatic carboxylic acids is 1. The molecule has 120 valence electrons. The van der Waals surface area contributed by atoms with Crippen LogP contribution in [0.3, 0.4) is 0 Å². The maximum Gasteiger partial charge on any atom is 0.303 e. The molecule has 2 rings (SSSR count). The minimum atomic E-state index is -0.804. The summed E-state index contributed by atoms with van der Waals surface area (Å²) in [6.07, 6.45) is 3.95. The normalized spacial score (nSPS) is 11.0. The number of carboxylic acids is 1. The van der Waals surface area contributed by atoms with Gasteiger partial charge in [-0.3, -0.25) is 9.59 Å². The first-order chi connectivity index (χ1) is 11.1. The number of aromatic nitrogens is 1. The number of benzene rings is 1. The molecule has 0 aliphatic carbocycles. The highest BCUT2D eigenvalue weighted by atomic mass is 16.4. The van der Waals surface area contributed by atoms with Crippen LogP contribution in [0.1, 0.15) is 37.8 Å². The summed E-state index contributed by atoms with van der Waals surface area (Å²) in [7, 11) is 0. The van der Waals surface area contributed by atoms with Crippen molar-refractivity contribution in [2.75, 3.05) is 0 Å². The zero-order valence-corrected chi connectivity index (χ0v) is 12.7. The van der Waals surface area contributed by atoms with E-state index >= 15 is 0 Å². The summed E-state index contributed by atoms with van der Waals surface area (Å²) in [5.41, 5.74) is 4.00. The number of carboxylic acid groups (broad SMARTS) is 1. The lowest BCUT2D eigenvalue weighted by atomic mass is 10.1. The van der Waals surface area contributed by atoms with Gasteiger partial charge in [0.25, 0.3) is 0 Å². The monoisotopic (exact) mass is 313 g/mol. The molecular formula is C17H19N3O3. The van der Waals surface area contributed by atoms with Gasteiger partial charge in [-0.05, 0) is 25.0 Å². The number of hydrogen-bond donors (Lipinski definition) is 2. The second-order valence-electron chi connectivity index (χ2n) is 5.18. The van der Waals surface area contributed by atoms with Gasteiger partial charge in [-0.1, -0.05) is 30.7 Å². The predicted molar refractivity (Wildman–Crippen MR) is 88.2 cm³/mol. The molecule has 1 aromatic carbocycles. The van der Waals surface area contributed by atoms with Gasteiger partial charge < -0.3 is 5.11 Å². The van der Waals surface area contributed by atoms with Crippen molar-refractivity contribution in [2.24, 2.45) is 5.10 Å². The number of pyridine rings is 1. The standard InChI is InChI=1S/C17H19N3O3/c21-16(8-2-1-3-9-17(22)23)20-18-12-14-11-10-13-6-4-5-7-15(13)19-14/h4-7,10-12H,1-3,8-9H2,(H,20,21)(H,22,23)/b18-12+. The number of hydrogen-bond acceptors (Lipinski definition) is 4. The summed E-state index contributed by atoms with van der Waals surface area (Å²) in [6, 6.07) is 11.6. The van der Waals surface area contributed by atoms with Crippen molar-refractivity contribution < 1.29 is 14.7 Å². The summed E-state index contributed by atoms with van der Waals surface area (Å²) >= 11 is 0. The number of amides is 1. The highest BCUT2D eigenvalue weighted by Crippen LogP contribution is 2.10. The Kier molecular flexibility index (Phi) is 6.23. The average Bonchev–Trinajstić information content (AvgIpc) is 2.54. The van der Waals surface area contributed by atoms with Crippen molar-refractivity contribution in [3.63, 3.8) is 0 Å². The molecule has 0 aliphatic rings. The Hall–Kier alpha value is -2.76. The van der Waals surface area contributed by atoms with Gasteiger partial charge in [0.05, 0.1) is 17.4 Å². The van der Waals surface area contributed by atoms with Crippen molar-refractivity contribution in [3.8, 4) is 0 Å². The molecular weight excluding hydrogens is 294 g/mol. The topological polar surface area (TPSA) is 91.6 Å². The van der Waals surface area contributed by atoms with Crippen LogP contribution in [-0.2, 0) is 9.59 Å². The van der Waals surface area contributed by atoms with Crippen LogP contribution < -0.4 is 5.43 Å². The van der Waals surface area contributed by atoms with Crippen LogP contribution in [0.15, 0.2) is 41.5 Å². The van der Waals surface area contributed by atoms with Crippen molar-refractivity contribution in [1.29, 1.82) is 0 Å².